The molecular formula is C22H19BrN2O7. The van der Waals surface area contributed by atoms with Gasteiger partial charge in [-0.3, -0.25) is 14.9 Å². The van der Waals surface area contributed by atoms with E-state index in [1.165, 1.54) is 25.3 Å². The number of aliphatic carboxylic acids is 1. The molecular weight excluding hydrogens is 484 g/mol. The Labute approximate surface area is 191 Å². The minimum Gasteiger partial charge on any atom is -0.493 e. The third-order valence-corrected chi connectivity index (χ3v) is 5.33. The number of methoxy groups -OCH3 is 1. The van der Waals surface area contributed by atoms with Gasteiger partial charge in [0.05, 0.1) is 12.8 Å². The van der Waals surface area contributed by atoms with Gasteiger partial charge in [-0.2, -0.15) is 0 Å². The number of hydrogen-bond donors (Lipinski definition) is 2. The highest BCUT2D eigenvalue weighted by Gasteiger charge is 2.37. The number of carbonyl (C=O) groups is 4. The van der Waals surface area contributed by atoms with Crippen molar-refractivity contribution in [1.82, 2.24) is 5.32 Å². The van der Waals surface area contributed by atoms with E-state index in [2.05, 4.69) is 21.2 Å². The number of carboxylic acids is 1. The van der Waals surface area contributed by atoms with Crippen LogP contribution in [0.5, 0.6) is 11.5 Å². The van der Waals surface area contributed by atoms with Crippen molar-refractivity contribution in [2.24, 2.45) is 0 Å². The van der Waals surface area contributed by atoms with Gasteiger partial charge in [-0.1, -0.05) is 35.0 Å². The number of rotatable bonds is 7. The van der Waals surface area contributed by atoms with Crippen LogP contribution in [0.25, 0.3) is 6.08 Å². The van der Waals surface area contributed by atoms with Crippen molar-refractivity contribution in [1.29, 1.82) is 0 Å². The first-order valence-corrected chi connectivity index (χ1v) is 10.3. The normalized spacial score (nSPS) is 15.0. The summed E-state index contributed by atoms with van der Waals surface area (Å²) in [6.07, 6.45) is 2.11. The zero-order valence-electron chi connectivity index (χ0n) is 17.2. The molecule has 0 aromatic heterocycles. The van der Waals surface area contributed by atoms with Crippen molar-refractivity contribution < 1.29 is 33.8 Å². The highest BCUT2D eigenvalue weighted by Crippen LogP contribution is 2.35. The first-order chi connectivity index (χ1) is 15.2. The summed E-state index contributed by atoms with van der Waals surface area (Å²) in [4.78, 5) is 49.5. The van der Waals surface area contributed by atoms with Crippen LogP contribution < -0.4 is 19.7 Å². The van der Waals surface area contributed by atoms with Gasteiger partial charge in [0.1, 0.15) is 5.57 Å². The molecule has 0 radical (unpaired) electrons. The smallest absolute Gasteiger partial charge is 0.341 e. The number of carbonyl (C=O) groups excluding carboxylic acids is 3. The number of benzene rings is 2. The molecule has 0 unspecified atom stereocenters. The van der Waals surface area contributed by atoms with Gasteiger partial charge in [0.25, 0.3) is 11.8 Å². The summed E-state index contributed by atoms with van der Waals surface area (Å²) in [5.74, 6) is -2.40. The third-order valence-electron chi connectivity index (χ3n) is 4.64. The number of amides is 4. The van der Waals surface area contributed by atoms with Crippen molar-refractivity contribution in [2.45, 2.75) is 13.3 Å². The summed E-state index contributed by atoms with van der Waals surface area (Å²) < 4.78 is 10.8. The van der Waals surface area contributed by atoms with E-state index in [0.717, 1.165) is 16.9 Å². The summed E-state index contributed by atoms with van der Waals surface area (Å²) in [6, 6.07) is 8.97. The molecule has 2 aromatic rings. The molecule has 1 saturated heterocycles. The van der Waals surface area contributed by atoms with Gasteiger partial charge < -0.3 is 14.6 Å². The lowest BCUT2D eigenvalue weighted by Crippen LogP contribution is -2.54. The molecule has 3 rings (SSSR count). The average molecular weight is 503 g/mol. The van der Waals surface area contributed by atoms with Crippen LogP contribution in [-0.2, 0) is 20.8 Å². The van der Waals surface area contributed by atoms with Crippen LogP contribution in [0.4, 0.5) is 10.5 Å². The Morgan fingerprint density at radius 3 is 2.44 bits per heavy atom. The first-order valence-electron chi connectivity index (χ1n) is 9.47. The molecule has 0 bridgehead atoms. The van der Waals surface area contributed by atoms with E-state index in [1.807, 2.05) is 6.92 Å². The largest absolute Gasteiger partial charge is 0.493 e. The van der Waals surface area contributed by atoms with E-state index < -0.39 is 30.4 Å². The Morgan fingerprint density at radius 1 is 1.16 bits per heavy atom. The number of nitrogens with one attached hydrogen (secondary N) is 1. The van der Waals surface area contributed by atoms with Crippen molar-refractivity contribution in [3.63, 3.8) is 0 Å². The fourth-order valence-electron chi connectivity index (χ4n) is 3.00. The summed E-state index contributed by atoms with van der Waals surface area (Å²) >= 11 is 3.32. The Morgan fingerprint density at radius 2 is 1.84 bits per heavy atom. The number of aryl methyl sites for hydroxylation is 1. The molecule has 1 aliphatic rings. The van der Waals surface area contributed by atoms with Gasteiger partial charge in [-0.15, -0.1) is 0 Å². The van der Waals surface area contributed by atoms with Gasteiger partial charge in [0.2, 0.25) is 0 Å². The molecule has 32 heavy (non-hydrogen) atoms. The first kappa shape index (κ1) is 23.0. The molecule has 2 N–H and O–H groups in total. The number of ether oxygens (including phenoxy) is 2. The average Bonchev–Trinajstić information content (AvgIpc) is 2.76. The van der Waals surface area contributed by atoms with Crippen LogP contribution in [0.1, 0.15) is 18.1 Å². The number of barbiturate groups is 1. The van der Waals surface area contributed by atoms with Gasteiger partial charge in [0, 0.05) is 4.47 Å². The molecule has 1 fully saturated rings. The van der Waals surface area contributed by atoms with Crippen LogP contribution in [0.2, 0.25) is 0 Å². The Hall–Kier alpha value is -3.66. The zero-order chi connectivity index (χ0) is 23.4. The fourth-order valence-corrected chi connectivity index (χ4v) is 3.44. The molecule has 2 aromatic carbocycles. The minimum atomic E-state index is -1.16. The molecule has 1 heterocycles. The van der Waals surface area contributed by atoms with E-state index >= 15 is 0 Å². The lowest BCUT2D eigenvalue weighted by atomic mass is 10.1. The van der Waals surface area contributed by atoms with Crippen LogP contribution in [0, 0.1) is 0 Å². The highest BCUT2D eigenvalue weighted by atomic mass is 79.9. The van der Waals surface area contributed by atoms with E-state index in [-0.39, 0.29) is 17.1 Å². The summed E-state index contributed by atoms with van der Waals surface area (Å²) in [5, 5.41) is 11.0. The number of halogens is 1. The van der Waals surface area contributed by atoms with E-state index in [4.69, 9.17) is 14.6 Å². The fraction of sp³-hybridized carbons (Fsp3) is 0.182. The number of imide groups is 2. The predicted octanol–water partition coefficient (Wildman–Crippen LogP) is 3.15. The SMILES string of the molecule is CCc1ccc(N2C(=O)NC(=O)/C(=C/c3cc(OC)c(OCC(=O)O)cc3Br)C2=O)cc1. The van der Waals surface area contributed by atoms with E-state index in [9.17, 15) is 19.2 Å². The molecule has 10 heteroatoms. The zero-order valence-corrected chi connectivity index (χ0v) is 18.8. The number of anilines is 1. The molecule has 0 saturated carbocycles. The Balaban J connectivity index is 1.98. The second kappa shape index (κ2) is 9.65. The molecule has 1 aliphatic heterocycles. The molecule has 0 aliphatic carbocycles. The van der Waals surface area contributed by atoms with Gasteiger partial charge in [-0.25, -0.2) is 14.5 Å². The number of hydrogen-bond acceptors (Lipinski definition) is 6. The Kier molecular flexibility index (Phi) is 6.94. The third kappa shape index (κ3) is 4.80. The maximum Gasteiger partial charge on any atom is 0.341 e. The van der Waals surface area contributed by atoms with E-state index in [1.54, 1.807) is 24.3 Å². The topological polar surface area (TPSA) is 122 Å². The number of urea groups is 1. The Bertz CT molecular complexity index is 1130. The van der Waals surface area contributed by atoms with Crippen molar-refractivity contribution in [3.8, 4) is 11.5 Å². The maximum absolute atomic E-state index is 13.1. The highest BCUT2D eigenvalue weighted by molar-refractivity contribution is 9.10. The van der Waals surface area contributed by atoms with Crippen molar-refractivity contribution in [3.05, 3.63) is 57.6 Å². The van der Waals surface area contributed by atoms with Crippen LogP contribution in [0.15, 0.2) is 46.4 Å². The number of carboxylic acid groups (broad SMARTS) is 1. The van der Waals surface area contributed by atoms with Gasteiger partial charge >= 0.3 is 12.0 Å². The molecule has 0 spiro atoms. The molecule has 0 atom stereocenters. The van der Waals surface area contributed by atoms with Crippen molar-refractivity contribution in [2.75, 3.05) is 18.6 Å². The van der Waals surface area contributed by atoms with Crippen molar-refractivity contribution >= 4 is 51.5 Å². The number of nitrogens with zero attached hydrogens (tertiary/aromatic N) is 1. The maximum atomic E-state index is 13.1. The van der Waals surface area contributed by atoms with Gasteiger partial charge in [-0.05, 0) is 47.9 Å². The lowest BCUT2D eigenvalue weighted by Gasteiger charge is -2.26. The summed E-state index contributed by atoms with van der Waals surface area (Å²) in [7, 11) is 1.37. The van der Waals surface area contributed by atoms with Crippen LogP contribution in [0.3, 0.4) is 0 Å². The monoisotopic (exact) mass is 502 g/mol. The molecule has 4 amide bonds. The second-order valence-corrected chi connectivity index (χ2v) is 7.54. The quantitative estimate of drug-likeness (QED) is 0.440. The predicted molar refractivity (Wildman–Crippen MR) is 119 cm³/mol. The van der Waals surface area contributed by atoms with Crippen LogP contribution >= 0.6 is 15.9 Å². The molecule has 166 valence electrons. The standard InChI is InChI=1S/C22H19BrN2O7/c1-3-12-4-6-14(7-5-12)25-21(29)15(20(28)24-22(25)30)8-13-9-17(31-2)18(10-16(13)23)32-11-19(26)27/h4-10H,3,11H2,1-2H3,(H,26,27)(H,24,28,30)/b15-8-. The summed E-state index contributed by atoms with van der Waals surface area (Å²) in [5.41, 5.74) is 1.49. The minimum absolute atomic E-state index is 0.163. The molecule has 9 nitrogen and oxygen atoms in total. The second-order valence-electron chi connectivity index (χ2n) is 6.68. The lowest BCUT2D eigenvalue weighted by molar-refractivity contribution is -0.139. The van der Waals surface area contributed by atoms with Crippen LogP contribution in [-0.4, -0.2) is 42.6 Å². The van der Waals surface area contributed by atoms with E-state index in [0.29, 0.717) is 15.7 Å². The van der Waals surface area contributed by atoms with Gasteiger partial charge in [0.15, 0.2) is 18.1 Å². The summed E-state index contributed by atoms with van der Waals surface area (Å²) in [6.45, 7) is 1.41.